The highest BCUT2D eigenvalue weighted by Crippen LogP contribution is 2.23. The zero-order valence-corrected chi connectivity index (χ0v) is 12.8. The number of aromatic nitrogens is 3. The fourth-order valence-corrected chi connectivity index (χ4v) is 2.27. The van der Waals surface area contributed by atoms with Gasteiger partial charge < -0.3 is 15.6 Å². The lowest BCUT2D eigenvalue weighted by Gasteiger charge is -2.09. The van der Waals surface area contributed by atoms with Crippen molar-refractivity contribution in [2.75, 3.05) is 18.9 Å². The Labute approximate surface area is 134 Å². The van der Waals surface area contributed by atoms with Crippen molar-refractivity contribution in [3.8, 4) is 22.7 Å². The predicted molar refractivity (Wildman–Crippen MR) is 88.5 cm³/mol. The molecule has 0 aliphatic carbocycles. The van der Waals surface area contributed by atoms with E-state index in [2.05, 4.69) is 10.3 Å². The van der Waals surface area contributed by atoms with Crippen molar-refractivity contribution in [3.63, 3.8) is 0 Å². The molecular weight excluding hydrogens is 292 g/mol. The molecule has 0 radical (unpaired) electrons. The number of ether oxygens (including phenoxy) is 1. The van der Waals surface area contributed by atoms with Crippen molar-refractivity contribution < 1.29 is 9.84 Å². The number of aryl methyl sites for hydroxylation is 1. The number of aliphatic hydroxyl groups is 1. The minimum absolute atomic E-state index is 0.00474. The van der Waals surface area contributed by atoms with E-state index in [1.54, 1.807) is 4.68 Å². The van der Waals surface area contributed by atoms with Gasteiger partial charge in [0.2, 0.25) is 0 Å². The van der Waals surface area contributed by atoms with Gasteiger partial charge in [-0.1, -0.05) is 17.3 Å². The van der Waals surface area contributed by atoms with E-state index in [1.807, 2.05) is 55.6 Å². The summed E-state index contributed by atoms with van der Waals surface area (Å²) in [6.07, 6.45) is 1.87. The van der Waals surface area contributed by atoms with Crippen LogP contribution in [0.15, 0.2) is 48.7 Å². The molecule has 0 atom stereocenters. The number of benzene rings is 2. The Morgan fingerprint density at radius 3 is 2.65 bits per heavy atom. The van der Waals surface area contributed by atoms with Crippen molar-refractivity contribution in [2.45, 2.75) is 6.92 Å². The van der Waals surface area contributed by atoms with Crippen LogP contribution in [0.25, 0.3) is 16.9 Å². The molecule has 1 heterocycles. The highest BCUT2D eigenvalue weighted by molar-refractivity contribution is 5.61. The quantitative estimate of drug-likeness (QED) is 0.706. The summed E-state index contributed by atoms with van der Waals surface area (Å²) in [5, 5.41) is 17.2. The first-order chi connectivity index (χ1) is 11.2. The van der Waals surface area contributed by atoms with Gasteiger partial charge in [0.1, 0.15) is 18.1 Å². The number of hydrogen-bond donors (Lipinski definition) is 2. The third-order valence-electron chi connectivity index (χ3n) is 3.47. The molecule has 1 aromatic heterocycles. The van der Waals surface area contributed by atoms with Crippen molar-refractivity contribution in [1.29, 1.82) is 0 Å². The second-order valence-corrected chi connectivity index (χ2v) is 5.19. The molecule has 6 heteroatoms. The zero-order valence-electron chi connectivity index (χ0n) is 12.8. The second-order valence-electron chi connectivity index (χ2n) is 5.19. The first-order valence-corrected chi connectivity index (χ1v) is 7.30. The van der Waals surface area contributed by atoms with Crippen LogP contribution >= 0.6 is 0 Å². The number of aliphatic hydroxyl groups excluding tert-OH is 1. The Kier molecular flexibility index (Phi) is 4.25. The summed E-state index contributed by atoms with van der Waals surface area (Å²) < 4.78 is 7.17. The lowest BCUT2D eigenvalue weighted by atomic mass is 10.1. The number of rotatable bonds is 5. The van der Waals surface area contributed by atoms with E-state index in [-0.39, 0.29) is 13.2 Å². The van der Waals surface area contributed by atoms with Crippen LogP contribution in [0.2, 0.25) is 0 Å². The van der Waals surface area contributed by atoms with Gasteiger partial charge in [-0.05, 0) is 42.8 Å². The Bertz CT molecular complexity index is 797. The molecule has 0 bridgehead atoms. The minimum atomic E-state index is -0.00474. The van der Waals surface area contributed by atoms with Gasteiger partial charge in [0.15, 0.2) is 0 Å². The van der Waals surface area contributed by atoms with Gasteiger partial charge in [0, 0.05) is 11.3 Å². The van der Waals surface area contributed by atoms with Crippen LogP contribution in [0.1, 0.15) is 5.56 Å². The smallest absolute Gasteiger partial charge is 0.122 e. The Morgan fingerprint density at radius 2 is 1.96 bits per heavy atom. The van der Waals surface area contributed by atoms with Crippen LogP contribution in [-0.2, 0) is 0 Å². The molecule has 3 aromatic rings. The van der Waals surface area contributed by atoms with Crippen LogP contribution in [0.4, 0.5) is 5.69 Å². The molecule has 0 spiro atoms. The fourth-order valence-electron chi connectivity index (χ4n) is 2.27. The van der Waals surface area contributed by atoms with Crippen molar-refractivity contribution in [2.24, 2.45) is 0 Å². The van der Waals surface area contributed by atoms with E-state index in [0.29, 0.717) is 0 Å². The molecule has 6 nitrogen and oxygen atoms in total. The average Bonchev–Trinajstić information content (AvgIpc) is 3.04. The molecule has 0 unspecified atom stereocenters. The van der Waals surface area contributed by atoms with E-state index in [4.69, 9.17) is 15.6 Å². The standard InChI is InChI=1S/C17H18N4O2/c1-12-10-15(6-7-17(12)23-9-8-22)21-11-16(19-20-21)13-2-4-14(18)5-3-13/h2-7,10-11,22H,8-9,18H2,1H3. The highest BCUT2D eigenvalue weighted by atomic mass is 16.5. The molecule has 0 aliphatic heterocycles. The van der Waals surface area contributed by atoms with Gasteiger partial charge >= 0.3 is 0 Å². The Balaban J connectivity index is 1.85. The first-order valence-electron chi connectivity index (χ1n) is 7.30. The van der Waals surface area contributed by atoms with Crippen molar-refractivity contribution >= 4 is 5.69 Å². The van der Waals surface area contributed by atoms with Crippen molar-refractivity contribution in [3.05, 3.63) is 54.2 Å². The molecule has 0 saturated carbocycles. The van der Waals surface area contributed by atoms with Crippen molar-refractivity contribution in [1.82, 2.24) is 15.0 Å². The van der Waals surface area contributed by atoms with Crippen LogP contribution in [0.5, 0.6) is 5.75 Å². The lowest BCUT2D eigenvalue weighted by Crippen LogP contribution is -2.03. The van der Waals surface area contributed by atoms with E-state index in [9.17, 15) is 0 Å². The van der Waals surface area contributed by atoms with E-state index in [1.165, 1.54) is 0 Å². The molecule has 0 fully saturated rings. The van der Waals surface area contributed by atoms with Gasteiger partial charge in [-0.2, -0.15) is 0 Å². The zero-order chi connectivity index (χ0) is 16.2. The molecule has 0 saturated heterocycles. The summed E-state index contributed by atoms with van der Waals surface area (Å²) in [6.45, 7) is 2.23. The SMILES string of the molecule is Cc1cc(-n2cc(-c3ccc(N)cc3)nn2)ccc1OCCO. The largest absolute Gasteiger partial charge is 0.491 e. The number of anilines is 1. The third kappa shape index (κ3) is 3.32. The van der Waals surface area contributed by atoms with Crippen LogP contribution in [0.3, 0.4) is 0 Å². The number of hydrogen-bond acceptors (Lipinski definition) is 5. The normalized spacial score (nSPS) is 10.7. The van der Waals surface area contributed by atoms with E-state index in [0.717, 1.165) is 33.9 Å². The summed E-state index contributed by atoms with van der Waals surface area (Å²) in [7, 11) is 0. The van der Waals surface area contributed by atoms with Gasteiger partial charge in [0.05, 0.1) is 18.5 Å². The molecule has 0 aliphatic rings. The maximum Gasteiger partial charge on any atom is 0.122 e. The minimum Gasteiger partial charge on any atom is -0.491 e. The maximum absolute atomic E-state index is 8.82. The van der Waals surface area contributed by atoms with Crippen LogP contribution < -0.4 is 10.5 Å². The molecule has 118 valence electrons. The predicted octanol–water partition coefficient (Wildman–Crippen LogP) is 2.20. The molecule has 2 aromatic carbocycles. The Morgan fingerprint density at radius 1 is 1.17 bits per heavy atom. The lowest BCUT2D eigenvalue weighted by molar-refractivity contribution is 0.200. The van der Waals surface area contributed by atoms with Crippen LogP contribution in [0, 0.1) is 6.92 Å². The third-order valence-corrected chi connectivity index (χ3v) is 3.47. The van der Waals surface area contributed by atoms with E-state index < -0.39 is 0 Å². The summed E-state index contributed by atoms with van der Waals surface area (Å²) in [5.74, 6) is 0.752. The van der Waals surface area contributed by atoms with E-state index >= 15 is 0 Å². The maximum atomic E-state index is 8.82. The summed E-state index contributed by atoms with van der Waals surface area (Å²) >= 11 is 0. The summed E-state index contributed by atoms with van der Waals surface area (Å²) in [5.41, 5.74) is 10.0. The summed E-state index contributed by atoms with van der Waals surface area (Å²) in [4.78, 5) is 0. The molecule has 3 N–H and O–H groups in total. The molecule has 0 amide bonds. The second kappa shape index (κ2) is 6.50. The van der Waals surface area contributed by atoms with Crippen LogP contribution in [-0.4, -0.2) is 33.3 Å². The Hall–Kier alpha value is -2.86. The highest BCUT2D eigenvalue weighted by Gasteiger charge is 2.07. The van der Waals surface area contributed by atoms with Gasteiger partial charge in [-0.15, -0.1) is 5.10 Å². The number of nitrogens with two attached hydrogens (primary N) is 1. The first kappa shape index (κ1) is 15.1. The topological polar surface area (TPSA) is 86.2 Å². The molecular formula is C17H18N4O2. The van der Waals surface area contributed by atoms with Gasteiger partial charge in [-0.3, -0.25) is 0 Å². The fraction of sp³-hybridized carbons (Fsp3) is 0.176. The molecule has 3 rings (SSSR count). The van der Waals surface area contributed by atoms with Gasteiger partial charge in [-0.25, -0.2) is 4.68 Å². The van der Waals surface area contributed by atoms with Gasteiger partial charge in [0.25, 0.3) is 0 Å². The average molecular weight is 310 g/mol. The molecule has 23 heavy (non-hydrogen) atoms. The number of nitrogens with zero attached hydrogens (tertiary/aromatic N) is 3. The monoisotopic (exact) mass is 310 g/mol. The summed E-state index contributed by atoms with van der Waals surface area (Å²) in [6, 6.07) is 13.2. The number of nitrogen functional groups attached to an aromatic ring is 1.